The predicted molar refractivity (Wildman–Crippen MR) is 110 cm³/mol. The number of amides is 1. The molecule has 3 fully saturated rings. The van der Waals surface area contributed by atoms with Gasteiger partial charge in [0, 0.05) is 42.5 Å². The summed E-state index contributed by atoms with van der Waals surface area (Å²) in [5, 5.41) is 12.1. The Hall–Kier alpha value is -3.05. The number of likely N-dealkylation sites (tertiary alicyclic amines) is 1. The summed E-state index contributed by atoms with van der Waals surface area (Å²) < 4.78 is 28.4. The van der Waals surface area contributed by atoms with Gasteiger partial charge in [-0.2, -0.15) is 5.26 Å². The van der Waals surface area contributed by atoms with Crippen LogP contribution in [-0.4, -0.2) is 47.5 Å². The van der Waals surface area contributed by atoms with Gasteiger partial charge in [0.05, 0.1) is 12.1 Å². The number of anilines is 1. The summed E-state index contributed by atoms with van der Waals surface area (Å²) in [6, 6.07) is 9.95. The molecule has 2 bridgehead atoms. The third-order valence-electron chi connectivity index (χ3n) is 6.75. The number of rotatable bonds is 5. The molecular weight excluding hydrogens is 400 g/mol. The minimum absolute atomic E-state index is 0.0413. The minimum Gasteiger partial charge on any atom is -0.347 e. The van der Waals surface area contributed by atoms with Crippen molar-refractivity contribution in [2.45, 2.75) is 43.3 Å². The Morgan fingerprint density at radius 2 is 1.84 bits per heavy atom. The van der Waals surface area contributed by atoms with E-state index >= 15 is 0 Å². The molecule has 1 aromatic carbocycles. The van der Waals surface area contributed by atoms with Crippen molar-refractivity contribution < 1.29 is 13.6 Å². The number of nitriles is 1. The normalized spacial score (nSPS) is 23.5. The van der Waals surface area contributed by atoms with Gasteiger partial charge >= 0.3 is 0 Å². The third-order valence-corrected chi connectivity index (χ3v) is 6.75. The van der Waals surface area contributed by atoms with Crippen molar-refractivity contribution in [3.8, 4) is 6.07 Å². The fraction of sp³-hybridized carbons (Fsp3) is 0.435. The topological polar surface area (TPSA) is 72.3 Å². The Bertz CT molecular complexity index is 1010. The zero-order chi connectivity index (χ0) is 21.6. The van der Waals surface area contributed by atoms with Crippen LogP contribution in [-0.2, 0) is 10.3 Å². The molecule has 0 radical (unpaired) electrons. The Morgan fingerprint density at radius 3 is 2.39 bits per heavy atom. The molecule has 3 heterocycles. The first-order valence-electron chi connectivity index (χ1n) is 10.6. The molecule has 1 N–H and O–H groups in total. The van der Waals surface area contributed by atoms with Gasteiger partial charge in [-0.25, -0.2) is 13.8 Å². The van der Waals surface area contributed by atoms with E-state index in [1.807, 2.05) is 11.0 Å². The second-order valence-electron chi connectivity index (χ2n) is 8.64. The van der Waals surface area contributed by atoms with Crippen LogP contribution in [0.3, 0.4) is 0 Å². The van der Waals surface area contributed by atoms with E-state index in [0.29, 0.717) is 31.5 Å². The molecule has 5 rings (SSSR count). The van der Waals surface area contributed by atoms with E-state index in [-0.39, 0.29) is 30.1 Å². The Kier molecular flexibility index (Phi) is 4.86. The summed E-state index contributed by atoms with van der Waals surface area (Å²) in [6.07, 6.45) is 4.76. The van der Waals surface area contributed by atoms with E-state index in [1.54, 1.807) is 12.3 Å². The number of pyridine rings is 1. The van der Waals surface area contributed by atoms with Crippen molar-refractivity contribution in [3.05, 3.63) is 59.3 Å². The van der Waals surface area contributed by atoms with Gasteiger partial charge in [0.25, 0.3) is 0 Å². The van der Waals surface area contributed by atoms with E-state index in [1.165, 1.54) is 18.2 Å². The van der Waals surface area contributed by atoms with Crippen molar-refractivity contribution >= 4 is 11.7 Å². The lowest BCUT2D eigenvalue weighted by Crippen LogP contribution is -2.57. The summed E-state index contributed by atoms with van der Waals surface area (Å²) in [6.45, 7) is 1.25. The summed E-state index contributed by atoms with van der Waals surface area (Å²) in [5.74, 6) is -0.353. The van der Waals surface area contributed by atoms with Gasteiger partial charge in [-0.3, -0.25) is 10.1 Å². The quantitative estimate of drug-likeness (QED) is 0.801. The number of fused-ring (bicyclic) bond motifs is 2. The summed E-state index contributed by atoms with van der Waals surface area (Å²) in [4.78, 5) is 21.5. The Labute approximate surface area is 179 Å². The summed E-state index contributed by atoms with van der Waals surface area (Å²) in [5.41, 5.74) is -0.214. The molecule has 160 valence electrons. The van der Waals surface area contributed by atoms with Crippen molar-refractivity contribution in [1.29, 1.82) is 5.26 Å². The molecule has 0 spiro atoms. The van der Waals surface area contributed by atoms with Crippen LogP contribution in [0.2, 0.25) is 0 Å². The van der Waals surface area contributed by atoms with Crippen LogP contribution < -0.4 is 10.2 Å². The highest BCUT2D eigenvalue weighted by atomic mass is 19.1. The maximum absolute atomic E-state index is 14.2. The Balaban J connectivity index is 1.24. The molecular formula is C23H23F2N5O. The van der Waals surface area contributed by atoms with Crippen molar-refractivity contribution in [3.63, 3.8) is 0 Å². The van der Waals surface area contributed by atoms with Crippen LogP contribution in [0.25, 0.3) is 0 Å². The second kappa shape index (κ2) is 7.57. The van der Waals surface area contributed by atoms with E-state index in [4.69, 9.17) is 5.26 Å². The first kappa shape index (κ1) is 19.9. The SMILES string of the molecule is N#Cc1ccc(N2C3CCC2CN(C(=O)CNC2(c4c(F)cccc4F)CC2)C3)nc1. The van der Waals surface area contributed by atoms with Crippen LogP contribution >= 0.6 is 0 Å². The average Bonchev–Trinajstić information content (AvgIpc) is 3.51. The van der Waals surface area contributed by atoms with E-state index in [0.717, 1.165) is 18.7 Å². The molecule has 6 nitrogen and oxygen atoms in total. The molecule has 1 amide bonds. The molecule has 2 saturated heterocycles. The monoisotopic (exact) mass is 423 g/mol. The molecule has 1 aromatic heterocycles. The second-order valence-corrected chi connectivity index (χ2v) is 8.64. The number of nitrogens with zero attached hydrogens (tertiary/aromatic N) is 4. The number of aromatic nitrogens is 1. The Morgan fingerprint density at radius 1 is 1.16 bits per heavy atom. The smallest absolute Gasteiger partial charge is 0.236 e. The number of carbonyl (C=O) groups is 1. The van der Waals surface area contributed by atoms with Crippen molar-refractivity contribution in [2.24, 2.45) is 0 Å². The van der Waals surface area contributed by atoms with Gasteiger partial charge < -0.3 is 9.80 Å². The number of hydrogen-bond donors (Lipinski definition) is 1. The standard InChI is InChI=1S/C23H23F2N5O/c24-18-2-1-3-19(25)22(18)23(8-9-23)28-12-21(31)29-13-16-5-6-17(14-29)30(16)20-7-4-15(10-26)11-27-20/h1-4,7,11,16-17,28H,5-6,8-9,12-14H2. The van der Waals surface area contributed by atoms with Gasteiger partial charge in [-0.1, -0.05) is 6.07 Å². The van der Waals surface area contributed by atoms with Crippen LogP contribution in [0, 0.1) is 23.0 Å². The number of nitrogens with one attached hydrogen (secondary N) is 1. The van der Waals surface area contributed by atoms with E-state index in [2.05, 4.69) is 21.3 Å². The van der Waals surface area contributed by atoms with Crippen LogP contribution in [0.1, 0.15) is 36.8 Å². The molecule has 2 aromatic rings. The first-order chi connectivity index (χ1) is 15.0. The molecule has 31 heavy (non-hydrogen) atoms. The number of halogens is 2. The molecule has 8 heteroatoms. The average molecular weight is 423 g/mol. The summed E-state index contributed by atoms with van der Waals surface area (Å²) in [7, 11) is 0. The fourth-order valence-corrected chi connectivity index (χ4v) is 5.04. The lowest BCUT2D eigenvalue weighted by molar-refractivity contribution is -0.131. The maximum Gasteiger partial charge on any atom is 0.236 e. The molecule has 1 aliphatic carbocycles. The first-order valence-corrected chi connectivity index (χ1v) is 10.6. The van der Waals surface area contributed by atoms with Crippen LogP contribution in [0.4, 0.5) is 14.6 Å². The van der Waals surface area contributed by atoms with Gasteiger partial charge in [0.2, 0.25) is 5.91 Å². The van der Waals surface area contributed by atoms with Gasteiger partial charge in [-0.15, -0.1) is 0 Å². The number of benzene rings is 1. The highest BCUT2D eigenvalue weighted by Crippen LogP contribution is 2.47. The number of hydrogen-bond acceptors (Lipinski definition) is 5. The highest BCUT2D eigenvalue weighted by Gasteiger charge is 2.48. The maximum atomic E-state index is 14.2. The van der Waals surface area contributed by atoms with Gasteiger partial charge in [-0.05, 0) is 49.9 Å². The van der Waals surface area contributed by atoms with Crippen LogP contribution in [0.5, 0.6) is 0 Å². The van der Waals surface area contributed by atoms with E-state index in [9.17, 15) is 13.6 Å². The molecule has 2 aliphatic heterocycles. The largest absolute Gasteiger partial charge is 0.347 e. The zero-order valence-corrected chi connectivity index (χ0v) is 17.0. The van der Waals surface area contributed by atoms with Crippen LogP contribution in [0.15, 0.2) is 36.5 Å². The van der Waals surface area contributed by atoms with E-state index < -0.39 is 17.2 Å². The predicted octanol–water partition coefficient (Wildman–Crippen LogP) is 2.69. The third kappa shape index (κ3) is 3.53. The zero-order valence-electron chi connectivity index (χ0n) is 17.0. The highest BCUT2D eigenvalue weighted by molar-refractivity contribution is 5.79. The van der Waals surface area contributed by atoms with Gasteiger partial charge in [0.1, 0.15) is 23.5 Å². The number of carbonyl (C=O) groups excluding carboxylic acids is 1. The van der Waals surface area contributed by atoms with Crippen molar-refractivity contribution in [1.82, 2.24) is 15.2 Å². The molecule has 2 unspecified atom stereocenters. The summed E-state index contributed by atoms with van der Waals surface area (Å²) >= 11 is 0. The lowest BCUT2D eigenvalue weighted by Gasteiger charge is -2.42. The van der Waals surface area contributed by atoms with Gasteiger partial charge in [0.15, 0.2) is 0 Å². The van der Waals surface area contributed by atoms with Crippen molar-refractivity contribution in [2.75, 3.05) is 24.5 Å². The fourth-order valence-electron chi connectivity index (χ4n) is 5.04. The lowest BCUT2D eigenvalue weighted by atomic mass is 10.0. The molecule has 1 saturated carbocycles. The number of piperazine rings is 1. The minimum atomic E-state index is -0.779. The molecule has 3 aliphatic rings. The molecule has 2 atom stereocenters.